The summed E-state index contributed by atoms with van der Waals surface area (Å²) in [6, 6.07) is 4.03. The van der Waals surface area contributed by atoms with Crippen molar-refractivity contribution in [2.75, 3.05) is 18.4 Å². The molecule has 0 heterocycles. The van der Waals surface area contributed by atoms with Crippen LogP contribution in [0.3, 0.4) is 0 Å². The van der Waals surface area contributed by atoms with Crippen molar-refractivity contribution in [3.8, 4) is 0 Å². The fourth-order valence-electron chi connectivity index (χ4n) is 2.67. The van der Waals surface area contributed by atoms with E-state index in [0.29, 0.717) is 12.1 Å². The molecule has 126 valence electrons. The average molecular weight is 341 g/mol. The lowest BCUT2D eigenvalue weighted by atomic mass is 10.2. The molecule has 23 heavy (non-hydrogen) atoms. The molecular weight excluding hydrogens is 319 g/mol. The number of benzene rings is 1. The minimum absolute atomic E-state index is 0.0386. The van der Waals surface area contributed by atoms with Crippen molar-refractivity contribution in [3.63, 3.8) is 0 Å². The van der Waals surface area contributed by atoms with E-state index in [-0.39, 0.29) is 28.7 Å². The molecule has 1 aliphatic carbocycles. The summed E-state index contributed by atoms with van der Waals surface area (Å²) in [4.78, 5) is 26.5. The first kappa shape index (κ1) is 17.7. The molecule has 2 rings (SSSR count). The van der Waals surface area contributed by atoms with Crippen LogP contribution in [0.25, 0.3) is 0 Å². The Morgan fingerprint density at radius 2 is 1.91 bits per heavy atom. The van der Waals surface area contributed by atoms with Gasteiger partial charge in [-0.05, 0) is 37.5 Å². The number of anilines is 1. The third-order valence-corrected chi connectivity index (χ3v) is 4.22. The van der Waals surface area contributed by atoms with Crippen molar-refractivity contribution in [2.45, 2.75) is 33.1 Å². The predicted molar refractivity (Wildman–Crippen MR) is 88.8 cm³/mol. The van der Waals surface area contributed by atoms with Crippen molar-refractivity contribution in [1.82, 2.24) is 4.90 Å². The van der Waals surface area contributed by atoms with E-state index in [1.165, 1.54) is 18.2 Å². The first-order valence-electron chi connectivity index (χ1n) is 8.02. The molecule has 1 N–H and O–H groups in total. The second-order valence-electron chi connectivity index (χ2n) is 5.89. The molecule has 0 saturated heterocycles. The van der Waals surface area contributed by atoms with Gasteiger partial charge in [-0.15, -0.1) is 0 Å². The Morgan fingerprint density at radius 3 is 2.48 bits per heavy atom. The van der Waals surface area contributed by atoms with Gasteiger partial charge >= 0.3 is 0 Å². The molecule has 1 aromatic carbocycles. The maximum Gasteiger partial charge on any atom is 0.228 e. The van der Waals surface area contributed by atoms with E-state index >= 15 is 0 Å². The number of rotatable bonds is 7. The van der Waals surface area contributed by atoms with E-state index < -0.39 is 5.82 Å². The molecule has 0 aliphatic heterocycles. The highest BCUT2D eigenvalue weighted by Crippen LogP contribution is 2.41. The van der Waals surface area contributed by atoms with Crippen LogP contribution in [0.4, 0.5) is 10.1 Å². The third kappa shape index (κ3) is 4.44. The van der Waals surface area contributed by atoms with Gasteiger partial charge in [-0.2, -0.15) is 0 Å². The number of carbonyl (C=O) groups excluding carboxylic acids is 2. The molecular formula is C17H22ClFN2O2. The fraction of sp³-hybridized carbons (Fsp3) is 0.529. The maximum atomic E-state index is 13.1. The van der Waals surface area contributed by atoms with Crippen molar-refractivity contribution < 1.29 is 14.0 Å². The van der Waals surface area contributed by atoms with E-state index in [1.807, 2.05) is 18.7 Å². The quantitative estimate of drug-likeness (QED) is 0.822. The van der Waals surface area contributed by atoms with Crippen LogP contribution in [0.15, 0.2) is 18.2 Å². The van der Waals surface area contributed by atoms with Gasteiger partial charge < -0.3 is 10.2 Å². The van der Waals surface area contributed by atoms with Gasteiger partial charge in [0.2, 0.25) is 11.8 Å². The first-order chi connectivity index (χ1) is 11.0. The largest absolute Gasteiger partial charge is 0.342 e. The lowest BCUT2D eigenvalue weighted by Gasteiger charge is -2.21. The van der Waals surface area contributed by atoms with E-state index in [9.17, 15) is 14.0 Å². The molecule has 0 radical (unpaired) electrons. The number of hydrogen-bond acceptors (Lipinski definition) is 2. The van der Waals surface area contributed by atoms with Crippen LogP contribution in [0, 0.1) is 17.7 Å². The van der Waals surface area contributed by atoms with Gasteiger partial charge in [-0.1, -0.05) is 25.4 Å². The molecule has 1 aromatic rings. The predicted octanol–water partition coefficient (Wildman–Crippen LogP) is 3.70. The Hall–Kier alpha value is -1.62. The standard InChI is InChI=1S/C17H22ClFN2O2/c1-3-7-21(8-4-2)17(23)13-10-12(13)16(22)20-11-5-6-15(19)14(18)9-11/h5-6,9,12-13H,3-4,7-8,10H2,1-2H3,(H,20,22). The van der Waals surface area contributed by atoms with E-state index in [0.717, 1.165) is 25.9 Å². The summed E-state index contributed by atoms with van der Waals surface area (Å²) in [7, 11) is 0. The Bertz CT molecular complexity index is 588. The zero-order valence-corrected chi connectivity index (χ0v) is 14.2. The minimum Gasteiger partial charge on any atom is -0.342 e. The van der Waals surface area contributed by atoms with E-state index in [2.05, 4.69) is 5.32 Å². The van der Waals surface area contributed by atoms with Crippen molar-refractivity contribution in [3.05, 3.63) is 29.0 Å². The maximum absolute atomic E-state index is 13.1. The van der Waals surface area contributed by atoms with E-state index in [1.54, 1.807) is 0 Å². The first-order valence-corrected chi connectivity index (χ1v) is 8.40. The van der Waals surface area contributed by atoms with E-state index in [4.69, 9.17) is 11.6 Å². The molecule has 2 atom stereocenters. The number of amides is 2. The molecule has 1 aliphatic rings. The molecule has 0 spiro atoms. The molecule has 1 fully saturated rings. The van der Waals surface area contributed by atoms with Crippen LogP contribution < -0.4 is 5.32 Å². The lowest BCUT2D eigenvalue weighted by molar-refractivity contribution is -0.134. The fourth-order valence-corrected chi connectivity index (χ4v) is 2.85. The summed E-state index contributed by atoms with van der Waals surface area (Å²) >= 11 is 5.70. The van der Waals surface area contributed by atoms with Gasteiger partial charge in [0, 0.05) is 18.8 Å². The highest BCUT2D eigenvalue weighted by atomic mass is 35.5. The number of nitrogens with zero attached hydrogens (tertiary/aromatic N) is 1. The van der Waals surface area contributed by atoms with Gasteiger partial charge in [-0.3, -0.25) is 9.59 Å². The third-order valence-electron chi connectivity index (χ3n) is 3.93. The molecule has 0 aromatic heterocycles. The second kappa shape index (κ2) is 7.77. The Kier molecular flexibility index (Phi) is 5.99. The summed E-state index contributed by atoms with van der Waals surface area (Å²) in [6.45, 7) is 5.52. The normalized spacial score (nSPS) is 19.3. The van der Waals surface area contributed by atoms with Crippen molar-refractivity contribution >= 4 is 29.1 Å². The van der Waals surface area contributed by atoms with Gasteiger partial charge in [0.15, 0.2) is 0 Å². The molecule has 1 saturated carbocycles. The van der Waals surface area contributed by atoms with Gasteiger partial charge in [0.25, 0.3) is 0 Å². The van der Waals surface area contributed by atoms with Crippen molar-refractivity contribution in [2.24, 2.45) is 11.8 Å². The van der Waals surface area contributed by atoms with Gasteiger partial charge in [0.05, 0.1) is 16.9 Å². The highest BCUT2D eigenvalue weighted by Gasteiger charge is 2.49. The monoisotopic (exact) mass is 340 g/mol. The summed E-state index contributed by atoms with van der Waals surface area (Å²) < 4.78 is 13.1. The number of nitrogens with one attached hydrogen (secondary N) is 1. The minimum atomic E-state index is -0.529. The average Bonchev–Trinajstić information content (AvgIpc) is 3.31. The summed E-state index contributed by atoms with van der Waals surface area (Å²) in [5, 5.41) is 2.66. The summed E-state index contributed by atoms with van der Waals surface area (Å²) in [5.41, 5.74) is 0.443. The Morgan fingerprint density at radius 1 is 1.26 bits per heavy atom. The summed E-state index contributed by atoms with van der Waals surface area (Å²) in [5.74, 6) is -1.21. The smallest absolute Gasteiger partial charge is 0.228 e. The van der Waals surface area contributed by atoms with Gasteiger partial charge in [-0.25, -0.2) is 4.39 Å². The molecule has 6 heteroatoms. The second-order valence-corrected chi connectivity index (χ2v) is 6.30. The van der Waals surface area contributed by atoms with Crippen LogP contribution >= 0.6 is 11.6 Å². The van der Waals surface area contributed by atoms with Crippen molar-refractivity contribution in [1.29, 1.82) is 0 Å². The van der Waals surface area contributed by atoms with Crippen LogP contribution in [-0.4, -0.2) is 29.8 Å². The Labute approximate surface area is 141 Å². The zero-order chi connectivity index (χ0) is 17.0. The molecule has 2 unspecified atom stereocenters. The number of hydrogen-bond donors (Lipinski definition) is 1. The van der Waals surface area contributed by atoms with Crippen LogP contribution in [0.1, 0.15) is 33.1 Å². The number of halogens is 2. The lowest BCUT2D eigenvalue weighted by Crippen LogP contribution is -2.34. The van der Waals surface area contributed by atoms with Crippen LogP contribution in [-0.2, 0) is 9.59 Å². The number of carbonyl (C=O) groups is 2. The molecule has 4 nitrogen and oxygen atoms in total. The molecule has 2 amide bonds. The van der Waals surface area contributed by atoms with Crippen LogP contribution in [0.2, 0.25) is 5.02 Å². The molecule has 0 bridgehead atoms. The SMILES string of the molecule is CCCN(CCC)C(=O)C1CC1C(=O)Nc1ccc(F)c(Cl)c1. The topological polar surface area (TPSA) is 49.4 Å². The summed E-state index contributed by atoms with van der Waals surface area (Å²) in [6.07, 6.45) is 2.39. The highest BCUT2D eigenvalue weighted by molar-refractivity contribution is 6.31. The zero-order valence-electron chi connectivity index (χ0n) is 13.4. The van der Waals surface area contributed by atoms with Gasteiger partial charge in [0.1, 0.15) is 5.82 Å². The Balaban J connectivity index is 1.92. The van der Waals surface area contributed by atoms with Crippen LogP contribution in [0.5, 0.6) is 0 Å².